The fourth-order valence-corrected chi connectivity index (χ4v) is 5.29. The van der Waals surface area contributed by atoms with E-state index < -0.39 is 35.0 Å². The molecule has 2 saturated carbocycles. The van der Waals surface area contributed by atoms with E-state index in [1.807, 2.05) is 17.9 Å². The summed E-state index contributed by atoms with van der Waals surface area (Å²) in [7, 11) is 0. The lowest BCUT2D eigenvalue weighted by Crippen LogP contribution is -2.28. The van der Waals surface area contributed by atoms with Crippen LogP contribution < -0.4 is 10.3 Å². The molecule has 1 aromatic carbocycles. The maximum atomic E-state index is 15.4. The van der Waals surface area contributed by atoms with Crippen LogP contribution in [-0.4, -0.2) is 47.0 Å². The molecule has 2 heterocycles. The molecule has 0 bridgehead atoms. The number of halogens is 2. The highest BCUT2D eigenvalue weighted by Gasteiger charge is 2.44. The first-order chi connectivity index (χ1) is 15.3. The van der Waals surface area contributed by atoms with Crippen molar-refractivity contribution in [3.8, 4) is 6.07 Å². The zero-order valence-corrected chi connectivity index (χ0v) is 17.6. The highest BCUT2D eigenvalue weighted by Crippen LogP contribution is 2.53. The third-order valence-electron chi connectivity index (χ3n) is 7.12. The lowest BCUT2D eigenvalue weighted by Gasteiger charge is -2.37. The van der Waals surface area contributed by atoms with E-state index in [1.54, 1.807) is 0 Å². The number of aromatic carboxylic acids is 1. The Hall–Kier alpha value is -2.99. The van der Waals surface area contributed by atoms with Gasteiger partial charge in [0.2, 0.25) is 5.43 Å². The molecule has 168 valence electrons. The summed E-state index contributed by atoms with van der Waals surface area (Å²) in [5.41, 5.74) is -1.34. The van der Waals surface area contributed by atoms with E-state index in [0.29, 0.717) is 13.1 Å². The average Bonchev–Trinajstić information content (AvgIpc) is 3.64. The highest BCUT2D eigenvalue weighted by atomic mass is 19.1. The first kappa shape index (κ1) is 20.9. The molecule has 3 aliphatic rings. The minimum atomic E-state index is -1.47. The number of benzene rings is 1. The maximum Gasteiger partial charge on any atom is 0.341 e. The molecule has 0 radical (unpaired) electrons. The van der Waals surface area contributed by atoms with Crippen molar-refractivity contribution in [1.82, 2.24) is 4.57 Å². The Kier molecular flexibility index (Phi) is 4.75. The van der Waals surface area contributed by atoms with Gasteiger partial charge in [-0.15, -0.1) is 5.54 Å². The molecule has 3 atom stereocenters. The number of hydrogen-bond acceptors (Lipinski definition) is 4. The number of alkyl halides is 1. The van der Waals surface area contributed by atoms with Crippen molar-refractivity contribution in [3.63, 3.8) is 0 Å². The van der Waals surface area contributed by atoms with Crippen molar-refractivity contribution < 1.29 is 18.7 Å². The van der Waals surface area contributed by atoms with Crippen LogP contribution in [0.25, 0.3) is 16.2 Å². The summed E-state index contributed by atoms with van der Waals surface area (Å²) in [6.45, 7) is 3.83. The predicted molar refractivity (Wildman–Crippen MR) is 115 cm³/mol. The van der Waals surface area contributed by atoms with E-state index in [0.717, 1.165) is 38.1 Å². The molecule has 0 spiro atoms. The Balaban J connectivity index is 1.66. The van der Waals surface area contributed by atoms with Gasteiger partial charge < -0.3 is 19.9 Å². The molecule has 7 nitrogen and oxygen atoms in total. The van der Waals surface area contributed by atoms with Gasteiger partial charge in [0.1, 0.15) is 29.2 Å². The minimum absolute atomic E-state index is 0.0499. The molecule has 1 saturated heterocycles. The maximum absolute atomic E-state index is 15.4. The number of aromatic nitrogens is 1. The smallest absolute Gasteiger partial charge is 0.341 e. The van der Waals surface area contributed by atoms with Crippen LogP contribution in [0.2, 0.25) is 0 Å². The zero-order valence-electron chi connectivity index (χ0n) is 17.6. The van der Waals surface area contributed by atoms with Gasteiger partial charge >= 0.3 is 5.97 Å². The molecule has 1 N–H and O–H groups in total. The van der Waals surface area contributed by atoms with Crippen molar-refractivity contribution in [1.29, 1.82) is 5.26 Å². The second kappa shape index (κ2) is 7.27. The summed E-state index contributed by atoms with van der Waals surface area (Å²) >= 11 is 0. The summed E-state index contributed by atoms with van der Waals surface area (Å²) in [6, 6.07) is 2.36. The zero-order chi connectivity index (χ0) is 22.8. The number of carboxylic acid groups (broad SMARTS) is 1. The van der Waals surface area contributed by atoms with E-state index >= 15 is 4.39 Å². The quantitative estimate of drug-likeness (QED) is 0.736. The van der Waals surface area contributed by atoms with E-state index in [4.69, 9.17) is 5.32 Å². The van der Waals surface area contributed by atoms with Gasteiger partial charge in [0.05, 0.1) is 22.6 Å². The van der Waals surface area contributed by atoms with Gasteiger partial charge in [-0.25, -0.2) is 13.6 Å². The molecule has 5 rings (SSSR count). The molecule has 1 aliphatic heterocycles. The molecule has 1 aromatic heterocycles. The second-order valence-electron chi connectivity index (χ2n) is 9.00. The van der Waals surface area contributed by atoms with Crippen molar-refractivity contribution in [2.24, 2.45) is 5.92 Å². The topological polar surface area (TPSA) is 100 Å². The first-order valence-electron chi connectivity index (χ1n) is 10.9. The lowest BCUT2D eigenvalue weighted by atomic mass is 9.96. The van der Waals surface area contributed by atoms with Gasteiger partial charge in [-0.3, -0.25) is 4.79 Å². The van der Waals surface area contributed by atoms with Gasteiger partial charge in [0, 0.05) is 25.7 Å². The van der Waals surface area contributed by atoms with Crippen molar-refractivity contribution in [2.75, 3.05) is 24.5 Å². The van der Waals surface area contributed by atoms with Crippen LogP contribution in [0.15, 0.2) is 17.1 Å². The third-order valence-corrected chi connectivity index (χ3v) is 7.12. The van der Waals surface area contributed by atoms with Crippen LogP contribution in [0.3, 0.4) is 0 Å². The molecule has 0 amide bonds. The highest BCUT2D eigenvalue weighted by molar-refractivity contribution is 5.96. The van der Waals surface area contributed by atoms with Gasteiger partial charge in [0.15, 0.2) is 0 Å². The standard InChI is InChI=1S/C23H23F2N4O3/c1-2-27-23(4-5-23)12-3-6-28(10-12)20-14(9-26)19-13(7-17(20)25)21(30)15(22(31)32)11-29(19)18-8-16(18)24/h7,11-12,16,18H,2-6,8,10H2,1H3,(H,31,32)/q-1/t12-,16+,18-/m1/s1. The Labute approximate surface area is 183 Å². The Bertz CT molecular complexity index is 1230. The van der Waals surface area contributed by atoms with Crippen molar-refractivity contribution in [3.05, 3.63) is 44.7 Å². The number of pyridine rings is 1. The fraction of sp³-hybridized carbons (Fsp3) is 0.522. The Morgan fingerprint density at radius 3 is 2.72 bits per heavy atom. The number of carbonyl (C=O) groups is 1. The normalized spacial score (nSPS) is 25.7. The molecule has 0 unspecified atom stereocenters. The van der Waals surface area contributed by atoms with Crippen LogP contribution in [0.4, 0.5) is 14.5 Å². The second-order valence-corrected chi connectivity index (χ2v) is 9.00. The molecule has 2 aromatic rings. The van der Waals surface area contributed by atoms with Crippen LogP contribution in [-0.2, 0) is 0 Å². The van der Waals surface area contributed by atoms with Crippen molar-refractivity contribution >= 4 is 22.6 Å². The molecule has 32 heavy (non-hydrogen) atoms. The van der Waals surface area contributed by atoms with Crippen LogP contribution in [0, 0.1) is 23.1 Å². The third kappa shape index (κ3) is 3.08. The average molecular weight is 441 g/mol. The van der Waals surface area contributed by atoms with E-state index in [2.05, 4.69) is 0 Å². The fourth-order valence-electron chi connectivity index (χ4n) is 5.29. The molecule has 3 fully saturated rings. The largest absolute Gasteiger partial charge is 0.657 e. The van der Waals surface area contributed by atoms with Crippen LogP contribution >= 0.6 is 0 Å². The Morgan fingerprint density at radius 2 is 2.16 bits per heavy atom. The van der Waals surface area contributed by atoms with Crippen molar-refractivity contribution in [2.45, 2.75) is 50.4 Å². The van der Waals surface area contributed by atoms with Gasteiger partial charge in [-0.05, 0) is 18.4 Å². The van der Waals surface area contributed by atoms with E-state index in [9.17, 15) is 24.3 Å². The number of carboxylic acids is 1. The minimum Gasteiger partial charge on any atom is -0.657 e. The predicted octanol–water partition coefficient (Wildman–Crippen LogP) is 3.75. The van der Waals surface area contributed by atoms with Gasteiger partial charge in [0.25, 0.3) is 0 Å². The molecular weight excluding hydrogens is 418 g/mol. The van der Waals surface area contributed by atoms with E-state index in [1.165, 1.54) is 4.57 Å². The van der Waals surface area contributed by atoms with E-state index in [-0.39, 0.29) is 40.0 Å². The number of anilines is 1. The summed E-state index contributed by atoms with van der Waals surface area (Å²) in [5.74, 6) is -1.95. The number of rotatable bonds is 6. The lowest BCUT2D eigenvalue weighted by molar-refractivity contribution is 0.0694. The first-order valence-corrected chi connectivity index (χ1v) is 10.9. The number of hydrogen-bond donors (Lipinski definition) is 1. The summed E-state index contributed by atoms with van der Waals surface area (Å²) < 4.78 is 30.7. The molecule has 9 heteroatoms. The molecular formula is C23H23F2N4O3-. The molecule has 2 aliphatic carbocycles. The monoisotopic (exact) mass is 441 g/mol. The van der Waals surface area contributed by atoms with Gasteiger partial charge in [-0.1, -0.05) is 19.8 Å². The van der Waals surface area contributed by atoms with Crippen LogP contribution in [0.5, 0.6) is 0 Å². The number of nitrogens with zero attached hydrogens (tertiary/aromatic N) is 4. The number of fused-ring (bicyclic) bond motifs is 1. The summed E-state index contributed by atoms with van der Waals surface area (Å²) in [4.78, 5) is 26.2. The number of nitriles is 1. The summed E-state index contributed by atoms with van der Waals surface area (Å²) in [5, 5.41) is 24.0. The summed E-state index contributed by atoms with van der Waals surface area (Å²) in [6.07, 6.45) is 2.90. The van der Waals surface area contributed by atoms with Gasteiger partial charge in [-0.2, -0.15) is 11.8 Å². The Morgan fingerprint density at radius 1 is 1.44 bits per heavy atom. The van der Waals surface area contributed by atoms with Crippen LogP contribution in [0.1, 0.15) is 54.6 Å². The SMILES string of the molecule is CC[N-]C1([C@@H]2CCN(c3c(F)cc4c(=O)c(C(=O)O)cn([C@@H]5C[C@@H]5F)c4c3C#N)C2)CC1.